The number of carboxylic acid groups (broad SMARTS) is 1. The molecular weight excluding hydrogens is 353 g/mol. The SMILES string of the molecule is CC(C)OC(CCNC(=O)c1ncc(C(F)(F)F)cc1Cl)C(=O)O. The van der Waals surface area contributed by atoms with Crippen molar-refractivity contribution in [3.05, 3.63) is 28.5 Å². The first-order chi connectivity index (χ1) is 11.0. The molecule has 0 spiro atoms. The lowest BCUT2D eigenvalue weighted by Gasteiger charge is -2.16. The van der Waals surface area contributed by atoms with Crippen LogP contribution < -0.4 is 5.32 Å². The Morgan fingerprint density at radius 1 is 1.42 bits per heavy atom. The number of alkyl halides is 3. The van der Waals surface area contributed by atoms with Crippen molar-refractivity contribution in [1.29, 1.82) is 0 Å². The lowest BCUT2D eigenvalue weighted by atomic mass is 10.2. The summed E-state index contributed by atoms with van der Waals surface area (Å²) in [4.78, 5) is 26.3. The molecule has 0 aliphatic heterocycles. The van der Waals surface area contributed by atoms with Gasteiger partial charge in [0, 0.05) is 19.2 Å². The van der Waals surface area contributed by atoms with Crippen molar-refractivity contribution in [3.8, 4) is 0 Å². The van der Waals surface area contributed by atoms with Crippen LogP contribution in [-0.2, 0) is 15.7 Å². The van der Waals surface area contributed by atoms with Crippen LogP contribution >= 0.6 is 11.6 Å². The summed E-state index contributed by atoms with van der Waals surface area (Å²) in [5, 5.41) is 10.9. The second-order valence-corrected chi connectivity index (χ2v) is 5.52. The molecule has 24 heavy (non-hydrogen) atoms. The Morgan fingerprint density at radius 2 is 2.04 bits per heavy atom. The molecular formula is C14H16ClF3N2O4. The lowest BCUT2D eigenvalue weighted by Crippen LogP contribution is -2.33. The monoisotopic (exact) mass is 368 g/mol. The molecule has 1 heterocycles. The number of amides is 1. The van der Waals surface area contributed by atoms with E-state index in [0.717, 1.165) is 0 Å². The molecule has 1 amide bonds. The zero-order chi connectivity index (χ0) is 18.5. The highest BCUT2D eigenvalue weighted by molar-refractivity contribution is 6.33. The Kier molecular flexibility index (Phi) is 6.97. The molecule has 0 fully saturated rings. The second kappa shape index (κ2) is 8.29. The zero-order valence-electron chi connectivity index (χ0n) is 12.9. The minimum absolute atomic E-state index is 0.0164. The maximum Gasteiger partial charge on any atom is 0.417 e. The highest BCUT2D eigenvalue weighted by Crippen LogP contribution is 2.30. The summed E-state index contributed by atoms with van der Waals surface area (Å²) in [6, 6.07) is 0.603. The number of hydrogen-bond acceptors (Lipinski definition) is 4. The van der Waals surface area contributed by atoms with E-state index in [1.807, 2.05) is 0 Å². The molecule has 1 rings (SSSR count). The smallest absolute Gasteiger partial charge is 0.417 e. The minimum atomic E-state index is -4.62. The minimum Gasteiger partial charge on any atom is -0.479 e. The zero-order valence-corrected chi connectivity index (χ0v) is 13.6. The highest BCUT2D eigenvalue weighted by atomic mass is 35.5. The van der Waals surface area contributed by atoms with Crippen LogP contribution in [0.15, 0.2) is 12.3 Å². The predicted octanol–water partition coefficient (Wildman–Crippen LogP) is 2.75. The van der Waals surface area contributed by atoms with Crippen molar-refractivity contribution in [2.45, 2.75) is 38.7 Å². The van der Waals surface area contributed by atoms with Gasteiger partial charge in [-0.15, -0.1) is 0 Å². The van der Waals surface area contributed by atoms with Crippen molar-refractivity contribution in [1.82, 2.24) is 10.3 Å². The van der Waals surface area contributed by atoms with Gasteiger partial charge in [-0.25, -0.2) is 9.78 Å². The number of carbonyl (C=O) groups is 2. The maximum absolute atomic E-state index is 12.5. The first-order valence-corrected chi connectivity index (χ1v) is 7.29. The van der Waals surface area contributed by atoms with Gasteiger partial charge in [0.05, 0.1) is 16.7 Å². The molecule has 0 radical (unpaired) electrons. The number of aromatic nitrogens is 1. The number of halogens is 4. The first-order valence-electron chi connectivity index (χ1n) is 6.91. The maximum atomic E-state index is 12.5. The first kappa shape index (κ1) is 20.2. The quantitative estimate of drug-likeness (QED) is 0.772. The number of carbonyl (C=O) groups excluding carboxylic acids is 1. The topological polar surface area (TPSA) is 88.5 Å². The molecule has 0 saturated heterocycles. The third-order valence-electron chi connectivity index (χ3n) is 2.79. The molecule has 10 heteroatoms. The van der Waals surface area contributed by atoms with Crippen molar-refractivity contribution in [2.75, 3.05) is 6.54 Å². The van der Waals surface area contributed by atoms with E-state index in [2.05, 4.69) is 10.3 Å². The van der Waals surface area contributed by atoms with Crippen LogP contribution in [-0.4, -0.2) is 40.7 Å². The molecule has 0 bridgehead atoms. The summed E-state index contributed by atoms with van der Waals surface area (Å²) in [7, 11) is 0. The van der Waals surface area contributed by atoms with Gasteiger partial charge in [0.15, 0.2) is 6.10 Å². The van der Waals surface area contributed by atoms with Crippen LogP contribution in [0.3, 0.4) is 0 Å². The third-order valence-corrected chi connectivity index (χ3v) is 3.08. The van der Waals surface area contributed by atoms with E-state index in [1.54, 1.807) is 13.8 Å². The summed E-state index contributed by atoms with van der Waals surface area (Å²) in [6.45, 7) is 3.27. The van der Waals surface area contributed by atoms with E-state index in [9.17, 15) is 22.8 Å². The number of nitrogens with zero attached hydrogens (tertiary/aromatic N) is 1. The highest BCUT2D eigenvalue weighted by Gasteiger charge is 2.32. The van der Waals surface area contributed by atoms with E-state index in [0.29, 0.717) is 12.3 Å². The molecule has 2 N–H and O–H groups in total. The van der Waals surface area contributed by atoms with Gasteiger partial charge >= 0.3 is 12.1 Å². The van der Waals surface area contributed by atoms with Gasteiger partial charge < -0.3 is 15.2 Å². The standard InChI is InChI=1S/C14H16ClF3N2O4/c1-7(2)24-10(13(22)23)3-4-19-12(21)11-9(15)5-8(6-20-11)14(16,17)18/h5-7,10H,3-4H2,1-2H3,(H,19,21)(H,22,23). The average Bonchev–Trinajstić information content (AvgIpc) is 2.44. The molecule has 0 aliphatic carbocycles. The molecule has 134 valence electrons. The number of aliphatic carboxylic acids is 1. The van der Waals surface area contributed by atoms with Crippen LogP contribution in [0.1, 0.15) is 36.3 Å². The summed E-state index contributed by atoms with van der Waals surface area (Å²) in [6.07, 6.45) is -5.55. The van der Waals surface area contributed by atoms with Gasteiger partial charge in [-0.1, -0.05) is 11.6 Å². The molecule has 1 aromatic heterocycles. The average molecular weight is 369 g/mol. The summed E-state index contributed by atoms with van der Waals surface area (Å²) < 4.78 is 42.7. The van der Waals surface area contributed by atoms with Crippen LogP contribution in [0.25, 0.3) is 0 Å². The van der Waals surface area contributed by atoms with Gasteiger partial charge in [0.1, 0.15) is 5.69 Å². The number of pyridine rings is 1. The van der Waals surface area contributed by atoms with Gasteiger partial charge in [-0.2, -0.15) is 13.2 Å². The Morgan fingerprint density at radius 3 is 2.50 bits per heavy atom. The van der Waals surface area contributed by atoms with E-state index >= 15 is 0 Å². The molecule has 1 atom stereocenters. The van der Waals surface area contributed by atoms with E-state index in [4.69, 9.17) is 21.4 Å². The third kappa shape index (κ3) is 5.97. The lowest BCUT2D eigenvalue weighted by molar-refractivity contribution is -0.153. The molecule has 6 nitrogen and oxygen atoms in total. The fourth-order valence-corrected chi connectivity index (χ4v) is 1.99. The molecule has 0 aliphatic rings. The summed E-state index contributed by atoms with van der Waals surface area (Å²) >= 11 is 5.65. The predicted molar refractivity (Wildman–Crippen MR) is 78.8 cm³/mol. The van der Waals surface area contributed by atoms with Crippen LogP contribution in [0.4, 0.5) is 13.2 Å². The number of rotatable bonds is 7. The number of hydrogen-bond donors (Lipinski definition) is 2. The van der Waals surface area contributed by atoms with E-state index in [-0.39, 0.29) is 24.8 Å². The molecule has 0 aromatic carbocycles. The largest absolute Gasteiger partial charge is 0.479 e. The van der Waals surface area contributed by atoms with Crippen molar-refractivity contribution in [3.63, 3.8) is 0 Å². The fraction of sp³-hybridized carbons (Fsp3) is 0.500. The fourth-order valence-electron chi connectivity index (χ4n) is 1.74. The van der Waals surface area contributed by atoms with Crippen LogP contribution in [0.5, 0.6) is 0 Å². The molecule has 0 saturated carbocycles. The second-order valence-electron chi connectivity index (χ2n) is 5.11. The summed E-state index contributed by atoms with van der Waals surface area (Å²) in [5.74, 6) is -1.98. The number of carboxylic acids is 1. The Labute approximate surface area is 141 Å². The molecule has 1 aromatic rings. The van der Waals surface area contributed by atoms with Crippen molar-refractivity contribution >= 4 is 23.5 Å². The van der Waals surface area contributed by atoms with Gasteiger partial charge in [-0.3, -0.25) is 4.79 Å². The van der Waals surface area contributed by atoms with Gasteiger partial charge in [0.25, 0.3) is 5.91 Å². The summed E-state index contributed by atoms with van der Waals surface area (Å²) in [5.41, 5.74) is -1.44. The number of ether oxygens (including phenoxy) is 1. The Balaban J connectivity index is 2.67. The van der Waals surface area contributed by atoms with E-state index < -0.39 is 34.7 Å². The van der Waals surface area contributed by atoms with Crippen molar-refractivity contribution in [2.24, 2.45) is 0 Å². The Bertz CT molecular complexity index is 608. The van der Waals surface area contributed by atoms with Gasteiger partial charge in [-0.05, 0) is 19.9 Å². The van der Waals surface area contributed by atoms with Crippen LogP contribution in [0.2, 0.25) is 5.02 Å². The van der Waals surface area contributed by atoms with Gasteiger partial charge in [0.2, 0.25) is 0 Å². The Hall–Kier alpha value is -1.87. The molecule has 1 unspecified atom stereocenters. The normalized spacial score (nSPS) is 13.0. The van der Waals surface area contributed by atoms with Crippen molar-refractivity contribution < 1.29 is 32.6 Å². The van der Waals surface area contributed by atoms with E-state index in [1.165, 1.54) is 0 Å². The number of nitrogens with one attached hydrogen (secondary N) is 1. The van der Waals surface area contributed by atoms with Crippen LogP contribution in [0, 0.1) is 0 Å².